The molecule has 0 saturated carbocycles. The van der Waals surface area contributed by atoms with E-state index in [2.05, 4.69) is 28.8 Å². The van der Waals surface area contributed by atoms with Crippen molar-refractivity contribution in [1.29, 1.82) is 5.26 Å². The number of benzene rings is 1. The number of fused-ring (bicyclic) bond motifs is 1. The number of nitrogens with one attached hydrogen (secondary N) is 2. The predicted molar refractivity (Wildman–Crippen MR) is 72.6 cm³/mol. The summed E-state index contributed by atoms with van der Waals surface area (Å²) in [5, 5.41) is 16.0. The van der Waals surface area contributed by atoms with Gasteiger partial charge in [-0.2, -0.15) is 5.26 Å². The summed E-state index contributed by atoms with van der Waals surface area (Å²) in [6, 6.07) is 8.32. The van der Waals surface area contributed by atoms with Gasteiger partial charge in [-0.3, -0.25) is 0 Å². The highest BCUT2D eigenvalue weighted by Crippen LogP contribution is 2.38. The molecule has 2 heterocycles. The Morgan fingerprint density at radius 2 is 2.22 bits per heavy atom. The largest absolute Gasteiger partial charge is 0.384 e. The highest BCUT2D eigenvalue weighted by atomic mass is 14.9. The molecule has 0 aliphatic carbocycles. The van der Waals surface area contributed by atoms with Gasteiger partial charge in [0.05, 0.1) is 11.3 Å². The summed E-state index contributed by atoms with van der Waals surface area (Å²) in [4.78, 5) is 0. The molecule has 2 N–H and O–H groups in total. The Morgan fingerprint density at radius 1 is 1.28 bits per heavy atom. The highest BCUT2D eigenvalue weighted by Gasteiger charge is 2.25. The third kappa shape index (κ3) is 1.89. The van der Waals surface area contributed by atoms with Gasteiger partial charge >= 0.3 is 0 Å². The summed E-state index contributed by atoms with van der Waals surface area (Å²) in [5.74, 6) is 0.474. The van der Waals surface area contributed by atoms with Crippen LogP contribution in [0.25, 0.3) is 0 Å². The van der Waals surface area contributed by atoms with Crippen molar-refractivity contribution in [3.05, 3.63) is 41.0 Å². The minimum atomic E-state index is 0.474. The van der Waals surface area contributed by atoms with Crippen LogP contribution in [0.1, 0.15) is 29.9 Å². The van der Waals surface area contributed by atoms with E-state index in [1.165, 1.54) is 11.1 Å². The summed E-state index contributed by atoms with van der Waals surface area (Å²) in [7, 11) is 0. The Balaban J connectivity index is 2.02. The van der Waals surface area contributed by atoms with E-state index in [1.54, 1.807) is 0 Å². The van der Waals surface area contributed by atoms with Crippen LogP contribution in [0, 0.1) is 11.3 Å². The first-order valence-corrected chi connectivity index (χ1v) is 6.56. The molecule has 1 aromatic carbocycles. The van der Waals surface area contributed by atoms with E-state index in [0.29, 0.717) is 5.92 Å². The fourth-order valence-corrected chi connectivity index (χ4v) is 2.96. The van der Waals surface area contributed by atoms with Crippen LogP contribution in [0.4, 0.5) is 5.69 Å². The Labute approximate surface area is 108 Å². The van der Waals surface area contributed by atoms with Gasteiger partial charge in [0.2, 0.25) is 0 Å². The van der Waals surface area contributed by atoms with Crippen molar-refractivity contribution in [3.8, 4) is 6.07 Å². The SMILES string of the molecule is N#Cc1cccc2c1NCC[C@H]2C1=CCCNC1. The molecule has 0 aromatic heterocycles. The van der Waals surface area contributed by atoms with Crippen molar-refractivity contribution in [1.82, 2.24) is 5.32 Å². The summed E-state index contributed by atoms with van der Waals surface area (Å²) < 4.78 is 0. The van der Waals surface area contributed by atoms with Crippen LogP contribution in [0.2, 0.25) is 0 Å². The highest BCUT2D eigenvalue weighted by molar-refractivity contribution is 5.66. The lowest BCUT2D eigenvalue weighted by molar-refractivity contribution is 0.617. The molecule has 1 atom stereocenters. The zero-order valence-corrected chi connectivity index (χ0v) is 10.4. The maximum absolute atomic E-state index is 9.17. The zero-order chi connectivity index (χ0) is 12.4. The second kappa shape index (κ2) is 4.83. The number of para-hydroxylation sites is 1. The smallest absolute Gasteiger partial charge is 0.101 e. The minimum Gasteiger partial charge on any atom is -0.384 e. The van der Waals surface area contributed by atoms with Gasteiger partial charge in [0.15, 0.2) is 0 Å². The van der Waals surface area contributed by atoms with E-state index >= 15 is 0 Å². The molecule has 0 saturated heterocycles. The number of hydrogen-bond donors (Lipinski definition) is 2. The van der Waals surface area contributed by atoms with Gasteiger partial charge in [0, 0.05) is 19.0 Å². The fraction of sp³-hybridized carbons (Fsp3) is 0.400. The van der Waals surface area contributed by atoms with Gasteiger partial charge in [0.25, 0.3) is 0 Å². The molecule has 2 aliphatic heterocycles. The first-order chi connectivity index (χ1) is 8.90. The van der Waals surface area contributed by atoms with Crippen molar-refractivity contribution in [3.63, 3.8) is 0 Å². The van der Waals surface area contributed by atoms with Crippen LogP contribution in [0.15, 0.2) is 29.8 Å². The molecule has 0 spiro atoms. The number of hydrogen-bond acceptors (Lipinski definition) is 3. The quantitative estimate of drug-likeness (QED) is 0.740. The van der Waals surface area contributed by atoms with Crippen molar-refractivity contribution < 1.29 is 0 Å². The molecule has 2 aliphatic rings. The van der Waals surface area contributed by atoms with Crippen molar-refractivity contribution in [2.45, 2.75) is 18.8 Å². The third-order valence-electron chi connectivity index (χ3n) is 3.83. The van der Waals surface area contributed by atoms with Crippen molar-refractivity contribution >= 4 is 5.69 Å². The molecular formula is C15H17N3. The maximum Gasteiger partial charge on any atom is 0.101 e. The molecule has 3 heteroatoms. The second-order valence-corrected chi connectivity index (χ2v) is 4.89. The monoisotopic (exact) mass is 239 g/mol. The van der Waals surface area contributed by atoms with Crippen LogP contribution >= 0.6 is 0 Å². The molecule has 1 aromatic rings. The molecule has 3 nitrogen and oxygen atoms in total. The van der Waals surface area contributed by atoms with Crippen LogP contribution in [-0.4, -0.2) is 19.6 Å². The second-order valence-electron chi connectivity index (χ2n) is 4.89. The number of nitriles is 1. The molecule has 0 unspecified atom stereocenters. The summed E-state index contributed by atoms with van der Waals surface area (Å²) in [5.41, 5.74) is 4.58. The lowest BCUT2D eigenvalue weighted by Crippen LogP contribution is -2.28. The molecule has 18 heavy (non-hydrogen) atoms. The van der Waals surface area contributed by atoms with Crippen LogP contribution in [0.3, 0.4) is 0 Å². The lowest BCUT2D eigenvalue weighted by atomic mass is 9.82. The van der Waals surface area contributed by atoms with E-state index in [1.807, 2.05) is 12.1 Å². The van der Waals surface area contributed by atoms with E-state index in [0.717, 1.165) is 43.7 Å². The summed E-state index contributed by atoms with van der Waals surface area (Å²) in [6.07, 6.45) is 4.61. The molecule has 0 fully saturated rings. The topological polar surface area (TPSA) is 47.9 Å². The predicted octanol–water partition coefficient (Wildman–Crippen LogP) is 2.38. The van der Waals surface area contributed by atoms with E-state index < -0.39 is 0 Å². The van der Waals surface area contributed by atoms with E-state index in [9.17, 15) is 5.26 Å². The Bertz CT molecular complexity index is 525. The molecular weight excluding hydrogens is 222 g/mol. The molecule has 0 amide bonds. The van der Waals surface area contributed by atoms with Gasteiger partial charge in [0.1, 0.15) is 6.07 Å². The van der Waals surface area contributed by atoms with Crippen molar-refractivity contribution in [2.75, 3.05) is 25.0 Å². The fourth-order valence-electron chi connectivity index (χ4n) is 2.96. The van der Waals surface area contributed by atoms with Crippen LogP contribution in [-0.2, 0) is 0 Å². The normalized spacial score (nSPS) is 22.4. The van der Waals surface area contributed by atoms with Gasteiger partial charge in [-0.1, -0.05) is 23.8 Å². The Kier molecular flexibility index (Phi) is 3.04. The average Bonchev–Trinajstić information content (AvgIpc) is 2.47. The number of rotatable bonds is 1. The van der Waals surface area contributed by atoms with Gasteiger partial charge in [-0.05, 0) is 31.0 Å². The van der Waals surface area contributed by atoms with Gasteiger partial charge in [-0.25, -0.2) is 0 Å². The first kappa shape index (κ1) is 11.3. The van der Waals surface area contributed by atoms with E-state index in [4.69, 9.17) is 0 Å². The van der Waals surface area contributed by atoms with Crippen LogP contribution in [0.5, 0.6) is 0 Å². The standard InChI is InChI=1S/C15H17N3/c16-9-11-3-1-5-14-13(6-8-18-15(11)14)12-4-2-7-17-10-12/h1,3-5,13,17-18H,2,6-8,10H2/t13-/m0/s1. The maximum atomic E-state index is 9.17. The Morgan fingerprint density at radius 3 is 3.00 bits per heavy atom. The summed E-state index contributed by atoms with van der Waals surface area (Å²) >= 11 is 0. The van der Waals surface area contributed by atoms with Crippen LogP contribution < -0.4 is 10.6 Å². The average molecular weight is 239 g/mol. The third-order valence-corrected chi connectivity index (χ3v) is 3.83. The lowest BCUT2D eigenvalue weighted by Gasteiger charge is -2.31. The molecule has 92 valence electrons. The molecule has 0 radical (unpaired) electrons. The number of anilines is 1. The van der Waals surface area contributed by atoms with E-state index in [-0.39, 0.29) is 0 Å². The number of nitrogens with zero attached hydrogens (tertiary/aromatic N) is 1. The van der Waals surface area contributed by atoms with Gasteiger partial charge in [-0.15, -0.1) is 0 Å². The first-order valence-electron chi connectivity index (χ1n) is 6.56. The minimum absolute atomic E-state index is 0.474. The zero-order valence-electron chi connectivity index (χ0n) is 10.4. The van der Waals surface area contributed by atoms with Crippen molar-refractivity contribution in [2.24, 2.45) is 0 Å². The van der Waals surface area contributed by atoms with Gasteiger partial charge < -0.3 is 10.6 Å². The Hall–Kier alpha value is -1.79. The molecule has 3 rings (SSSR count). The summed E-state index contributed by atoms with van der Waals surface area (Å²) in [6.45, 7) is 3.02. The molecule has 0 bridgehead atoms.